The number of anilines is 1. The Morgan fingerprint density at radius 1 is 1.14 bits per heavy atom. The summed E-state index contributed by atoms with van der Waals surface area (Å²) in [6.07, 6.45) is 8.31. The summed E-state index contributed by atoms with van der Waals surface area (Å²) in [7, 11) is 0. The van der Waals surface area contributed by atoms with Gasteiger partial charge in [0.2, 0.25) is 0 Å². The van der Waals surface area contributed by atoms with Crippen LogP contribution in [-0.4, -0.2) is 30.8 Å². The molecule has 0 fully saturated rings. The quantitative estimate of drug-likeness (QED) is 0.754. The lowest BCUT2D eigenvalue weighted by Crippen LogP contribution is -2.17. The topological polar surface area (TPSA) is 60.6 Å². The number of aromatic nitrogens is 5. The maximum absolute atomic E-state index is 4.21. The van der Waals surface area contributed by atoms with E-state index in [1.54, 1.807) is 17.1 Å². The summed E-state index contributed by atoms with van der Waals surface area (Å²) in [4.78, 5) is 0. The number of nitrogens with one attached hydrogen (secondary N) is 1. The molecular weight excluding hydrogens is 264 g/mol. The Kier molecular flexibility index (Phi) is 3.95. The lowest BCUT2D eigenvalue weighted by atomic mass is 10.2. The van der Waals surface area contributed by atoms with Gasteiger partial charge in [0, 0.05) is 30.7 Å². The van der Waals surface area contributed by atoms with Gasteiger partial charge in [-0.25, -0.2) is 4.68 Å². The first-order valence-corrected chi connectivity index (χ1v) is 7.02. The average molecular weight is 282 g/mol. The minimum absolute atomic E-state index is 0.381. The Balaban J connectivity index is 1.55. The van der Waals surface area contributed by atoms with Gasteiger partial charge in [0.1, 0.15) is 0 Å². The Hall–Kier alpha value is -2.63. The predicted molar refractivity (Wildman–Crippen MR) is 81.3 cm³/mol. The van der Waals surface area contributed by atoms with Crippen molar-refractivity contribution in [2.24, 2.45) is 0 Å². The monoisotopic (exact) mass is 282 g/mol. The van der Waals surface area contributed by atoms with Crippen LogP contribution in [-0.2, 0) is 6.54 Å². The van der Waals surface area contributed by atoms with Crippen molar-refractivity contribution in [2.75, 3.05) is 5.32 Å². The van der Waals surface area contributed by atoms with E-state index in [4.69, 9.17) is 0 Å². The van der Waals surface area contributed by atoms with E-state index in [0.717, 1.165) is 24.3 Å². The van der Waals surface area contributed by atoms with E-state index in [1.807, 2.05) is 35.3 Å². The average Bonchev–Trinajstić information content (AvgIpc) is 3.19. The molecule has 108 valence electrons. The van der Waals surface area contributed by atoms with Crippen LogP contribution in [0, 0.1) is 0 Å². The highest BCUT2D eigenvalue weighted by Gasteiger charge is 2.03. The molecule has 0 amide bonds. The minimum Gasteiger partial charge on any atom is -0.383 e. The zero-order valence-electron chi connectivity index (χ0n) is 11.9. The molecule has 3 aromatic rings. The van der Waals surface area contributed by atoms with Gasteiger partial charge >= 0.3 is 0 Å². The number of rotatable bonds is 6. The molecular formula is C15H18N6. The normalized spacial score (nSPS) is 12.2. The molecule has 0 aliphatic carbocycles. The van der Waals surface area contributed by atoms with Gasteiger partial charge in [0.05, 0.1) is 18.1 Å². The van der Waals surface area contributed by atoms with Crippen molar-refractivity contribution in [3.8, 4) is 5.69 Å². The summed E-state index contributed by atoms with van der Waals surface area (Å²) in [5.74, 6) is 0. The van der Waals surface area contributed by atoms with Gasteiger partial charge in [-0.2, -0.15) is 5.10 Å². The standard InChI is InChI=1S/C15H18N6/c1-13(7-11-20-10-2-8-17-20)18-14-3-5-15(6-4-14)21-12-9-16-19-21/h2-6,8-10,12-13,18H,7,11H2,1H3/t13-/m0/s1. The van der Waals surface area contributed by atoms with Crippen LogP contribution in [0.15, 0.2) is 55.1 Å². The molecule has 0 unspecified atom stereocenters. The van der Waals surface area contributed by atoms with Gasteiger partial charge in [0.25, 0.3) is 0 Å². The van der Waals surface area contributed by atoms with E-state index in [2.05, 4.69) is 39.8 Å². The van der Waals surface area contributed by atoms with Crippen LogP contribution in [0.1, 0.15) is 13.3 Å². The summed E-state index contributed by atoms with van der Waals surface area (Å²) in [6, 6.07) is 10.5. The van der Waals surface area contributed by atoms with Crippen LogP contribution in [0.2, 0.25) is 0 Å². The molecule has 1 aromatic carbocycles. The molecule has 2 aromatic heterocycles. The molecule has 0 saturated carbocycles. The highest BCUT2D eigenvalue weighted by atomic mass is 15.4. The van der Waals surface area contributed by atoms with E-state index in [0.29, 0.717) is 6.04 Å². The predicted octanol–water partition coefficient (Wildman–Crippen LogP) is 2.35. The van der Waals surface area contributed by atoms with Crippen LogP contribution in [0.3, 0.4) is 0 Å². The lowest BCUT2D eigenvalue weighted by molar-refractivity contribution is 0.546. The van der Waals surface area contributed by atoms with Crippen LogP contribution < -0.4 is 5.32 Å². The molecule has 6 nitrogen and oxygen atoms in total. The third-order valence-corrected chi connectivity index (χ3v) is 3.32. The highest BCUT2D eigenvalue weighted by Crippen LogP contribution is 2.14. The summed E-state index contributed by atoms with van der Waals surface area (Å²) in [5.41, 5.74) is 2.11. The Morgan fingerprint density at radius 2 is 2.00 bits per heavy atom. The van der Waals surface area contributed by atoms with Crippen molar-refractivity contribution >= 4 is 5.69 Å². The van der Waals surface area contributed by atoms with Crippen molar-refractivity contribution < 1.29 is 0 Å². The number of benzene rings is 1. The molecule has 3 rings (SSSR count). The molecule has 0 saturated heterocycles. The summed E-state index contributed by atoms with van der Waals surface area (Å²) < 4.78 is 3.69. The molecule has 1 atom stereocenters. The van der Waals surface area contributed by atoms with Gasteiger partial charge in [-0.3, -0.25) is 4.68 Å². The van der Waals surface area contributed by atoms with Crippen LogP contribution >= 0.6 is 0 Å². The Labute approximate surface area is 123 Å². The molecule has 0 bridgehead atoms. The number of nitrogens with zero attached hydrogens (tertiary/aromatic N) is 5. The second kappa shape index (κ2) is 6.21. The third-order valence-electron chi connectivity index (χ3n) is 3.32. The molecule has 0 aliphatic rings. The van der Waals surface area contributed by atoms with E-state index in [-0.39, 0.29) is 0 Å². The molecule has 21 heavy (non-hydrogen) atoms. The van der Waals surface area contributed by atoms with E-state index < -0.39 is 0 Å². The van der Waals surface area contributed by atoms with Crippen LogP contribution in [0.5, 0.6) is 0 Å². The van der Waals surface area contributed by atoms with Crippen molar-refractivity contribution in [1.82, 2.24) is 24.8 Å². The second-order valence-corrected chi connectivity index (χ2v) is 5.00. The Morgan fingerprint density at radius 3 is 2.67 bits per heavy atom. The maximum Gasteiger partial charge on any atom is 0.0697 e. The van der Waals surface area contributed by atoms with Crippen molar-refractivity contribution in [1.29, 1.82) is 0 Å². The fourth-order valence-corrected chi connectivity index (χ4v) is 2.17. The summed E-state index contributed by atoms with van der Waals surface area (Å²) >= 11 is 0. The van der Waals surface area contributed by atoms with Gasteiger partial charge in [0.15, 0.2) is 0 Å². The van der Waals surface area contributed by atoms with Gasteiger partial charge in [-0.05, 0) is 43.7 Å². The minimum atomic E-state index is 0.381. The molecule has 6 heteroatoms. The van der Waals surface area contributed by atoms with Crippen molar-refractivity contribution in [3.05, 3.63) is 55.1 Å². The van der Waals surface area contributed by atoms with Crippen LogP contribution in [0.25, 0.3) is 5.69 Å². The zero-order chi connectivity index (χ0) is 14.5. The third kappa shape index (κ3) is 3.47. The molecule has 0 aliphatic heterocycles. The first-order chi connectivity index (χ1) is 10.3. The van der Waals surface area contributed by atoms with Gasteiger partial charge < -0.3 is 5.32 Å². The molecule has 0 radical (unpaired) electrons. The zero-order valence-corrected chi connectivity index (χ0v) is 11.9. The number of aryl methyl sites for hydroxylation is 1. The summed E-state index contributed by atoms with van der Waals surface area (Å²) in [5, 5.41) is 15.5. The lowest BCUT2D eigenvalue weighted by Gasteiger charge is -2.15. The largest absolute Gasteiger partial charge is 0.383 e. The molecule has 1 N–H and O–H groups in total. The van der Waals surface area contributed by atoms with E-state index >= 15 is 0 Å². The molecule has 2 heterocycles. The smallest absolute Gasteiger partial charge is 0.0697 e. The number of hydrogen-bond acceptors (Lipinski definition) is 4. The van der Waals surface area contributed by atoms with Gasteiger partial charge in [-0.15, -0.1) is 5.10 Å². The first kappa shape index (κ1) is 13.4. The fraction of sp³-hybridized carbons (Fsp3) is 0.267. The highest BCUT2D eigenvalue weighted by molar-refractivity contribution is 5.48. The molecule has 0 spiro atoms. The van der Waals surface area contributed by atoms with Crippen molar-refractivity contribution in [3.63, 3.8) is 0 Å². The van der Waals surface area contributed by atoms with E-state index in [9.17, 15) is 0 Å². The summed E-state index contributed by atoms with van der Waals surface area (Å²) in [6.45, 7) is 3.09. The Bertz CT molecular complexity index is 642. The maximum atomic E-state index is 4.21. The van der Waals surface area contributed by atoms with E-state index in [1.165, 1.54) is 0 Å². The van der Waals surface area contributed by atoms with Gasteiger partial charge in [-0.1, -0.05) is 5.21 Å². The van der Waals surface area contributed by atoms with Crippen molar-refractivity contribution in [2.45, 2.75) is 25.9 Å². The second-order valence-electron chi connectivity index (χ2n) is 5.00. The fourth-order valence-electron chi connectivity index (χ4n) is 2.17. The van der Waals surface area contributed by atoms with Crippen LogP contribution in [0.4, 0.5) is 5.69 Å². The first-order valence-electron chi connectivity index (χ1n) is 7.02. The number of hydrogen-bond donors (Lipinski definition) is 1. The SMILES string of the molecule is C[C@@H](CCn1cccn1)Nc1ccc(-n2ccnn2)cc1.